The summed E-state index contributed by atoms with van der Waals surface area (Å²) >= 11 is 5.97. The van der Waals surface area contributed by atoms with Crippen LogP contribution in [0.15, 0.2) is 36.4 Å². The zero-order chi connectivity index (χ0) is 16.4. The predicted octanol–water partition coefficient (Wildman–Crippen LogP) is 3.27. The summed E-state index contributed by atoms with van der Waals surface area (Å²) in [7, 11) is 0. The topological polar surface area (TPSA) is 90.7 Å². The number of carbonyl (C=O) groups is 1. The first-order valence-electron chi connectivity index (χ1n) is 6.69. The Kier molecular flexibility index (Phi) is 4.03. The predicted molar refractivity (Wildman–Crippen MR) is 83.5 cm³/mol. The van der Waals surface area contributed by atoms with Crippen molar-refractivity contribution in [2.45, 2.75) is 0 Å². The van der Waals surface area contributed by atoms with E-state index >= 15 is 0 Å². The van der Waals surface area contributed by atoms with Crippen LogP contribution in [-0.4, -0.2) is 24.0 Å². The first kappa shape index (κ1) is 15.1. The van der Waals surface area contributed by atoms with Crippen molar-refractivity contribution in [2.75, 3.05) is 18.5 Å². The smallest absolute Gasteiger partial charge is 0.271 e. The minimum absolute atomic E-state index is 0.160. The van der Waals surface area contributed by atoms with E-state index < -0.39 is 10.8 Å². The summed E-state index contributed by atoms with van der Waals surface area (Å²) in [4.78, 5) is 22.5. The third kappa shape index (κ3) is 3.19. The molecule has 0 bridgehead atoms. The molecule has 2 aromatic rings. The number of benzene rings is 2. The van der Waals surface area contributed by atoms with E-state index in [4.69, 9.17) is 21.1 Å². The third-order valence-corrected chi connectivity index (χ3v) is 3.54. The van der Waals surface area contributed by atoms with Gasteiger partial charge in [-0.05, 0) is 24.3 Å². The third-order valence-electron chi connectivity index (χ3n) is 3.21. The summed E-state index contributed by atoms with van der Waals surface area (Å²) in [6, 6.07) is 8.60. The summed E-state index contributed by atoms with van der Waals surface area (Å²) in [5.41, 5.74) is 0.337. The number of nitro groups is 1. The fraction of sp³-hybridized carbons (Fsp3) is 0.133. The molecule has 118 valence electrons. The highest BCUT2D eigenvalue weighted by Gasteiger charge is 2.17. The van der Waals surface area contributed by atoms with Crippen LogP contribution in [0.25, 0.3) is 0 Å². The van der Waals surface area contributed by atoms with Gasteiger partial charge in [0.15, 0.2) is 11.5 Å². The van der Waals surface area contributed by atoms with Gasteiger partial charge in [0.1, 0.15) is 13.2 Å². The second-order valence-electron chi connectivity index (χ2n) is 4.73. The molecule has 0 aliphatic carbocycles. The normalized spacial score (nSPS) is 12.6. The number of nitrogens with zero attached hydrogens (tertiary/aromatic N) is 1. The first-order chi connectivity index (χ1) is 11.0. The maximum atomic E-state index is 12.3. The zero-order valence-corrected chi connectivity index (χ0v) is 12.5. The molecule has 1 heterocycles. The Morgan fingerprint density at radius 2 is 1.87 bits per heavy atom. The Hall–Kier alpha value is -2.80. The number of fused-ring (bicyclic) bond motifs is 1. The molecule has 0 spiro atoms. The molecule has 1 aliphatic heterocycles. The Morgan fingerprint density at radius 3 is 2.61 bits per heavy atom. The van der Waals surface area contributed by atoms with Gasteiger partial charge in [0.05, 0.1) is 15.6 Å². The molecule has 7 nitrogen and oxygen atoms in total. The van der Waals surface area contributed by atoms with Gasteiger partial charge in [0.2, 0.25) is 0 Å². The Bertz CT molecular complexity index is 793. The van der Waals surface area contributed by atoms with E-state index in [0.29, 0.717) is 30.3 Å². The van der Waals surface area contributed by atoms with Gasteiger partial charge in [0.25, 0.3) is 11.6 Å². The summed E-state index contributed by atoms with van der Waals surface area (Å²) < 4.78 is 10.8. The van der Waals surface area contributed by atoms with Crippen LogP contribution in [0.2, 0.25) is 5.02 Å². The van der Waals surface area contributed by atoms with Crippen molar-refractivity contribution in [3.8, 4) is 11.5 Å². The summed E-state index contributed by atoms with van der Waals surface area (Å²) in [6.07, 6.45) is 0. The summed E-state index contributed by atoms with van der Waals surface area (Å²) in [5, 5.41) is 13.6. The average molecular weight is 335 g/mol. The van der Waals surface area contributed by atoms with Crippen LogP contribution in [0, 0.1) is 10.1 Å². The van der Waals surface area contributed by atoms with E-state index in [1.165, 1.54) is 18.2 Å². The molecule has 1 aliphatic rings. The van der Waals surface area contributed by atoms with Crippen LogP contribution in [0.5, 0.6) is 11.5 Å². The van der Waals surface area contributed by atoms with Crippen molar-refractivity contribution in [1.29, 1.82) is 0 Å². The van der Waals surface area contributed by atoms with Gasteiger partial charge in [-0.25, -0.2) is 0 Å². The molecule has 0 radical (unpaired) electrons. The number of hydrogen-bond acceptors (Lipinski definition) is 5. The number of amides is 1. The molecule has 0 saturated carbocycles. The monoisotopic (exact) mass is 334 g/mol. The van der Waals surface area contributed by atoms with Gasteiger partial charge in [0, 0.05) is 17.7 Å². The molecule has 0 saturated heterocycles. The molecule has 1 amide bonds. The van der Waals surface area contributed by atoms with Gasteiger partial charge in [-0.3, -0.25) is 14.9 Å². The lowest BCUT2D eigenvalue weighted by atomic mass is 10.1. The lowest BCUT2D eigenvalue weighted by Gasteiger charge is -2.18. The quantitative estimate of drug-likeness (QED) is 0.687. The maximum absolute atomic E-state index is 12.3. The molecule has 8 heteroatoms. The Labute approximate surface area is 135 Å². The molecule has 3 rings (SSSR count). The summed E-state index contributed by atoms with van der Waals surface area (Å²) in [6.45, 7) is 0.872. The van der Waals surface area contributed by atoms with E-state index in [1.54, 1.807) is 18.2 Å². The fourth-order valence-electron chi connectivity index (χ4n) is 2.10. The van der Waals surface area contributed by atoms with Gasteiger partial charge in [-0.1, -0.05) is 11.6 Å². The number of nitrogens with one attached hydrogen (secondary N) is 1. The van der Waals surface area contributed by atoms with Crippen LogP contribution in [0.4, 0.5) is 11.4 Å². The number of non-ortho nitro benzene ring substituents is 1. The van der Waals surface area contributed by atoms with Crippen LogP contribution in [0.3, 0.4) is 0 Å². The highest BCUT2D eigenvalue weighted by Crippen LogP contribution is 2.32. The van der Waals surface area contributed by atoms with E-state index in [0.717, 1.165) is 0 Å². The molecular formula is C15H11ClN2O5. The number of anilines is 1. The van der Waals surface area contributed by atoms with Crippen LogP contribution in [0.1, 0.15) is 10.4 Å². The SMILES string of the molecule is O=C(Nc1cc([N+](=O)[O-])ccc1Cl)c1ccc2c(c1)OCCO2. The summed E-state index contributed by atoms with van der Waals surface area (Å²) in [5.74, 6) is 0.597. The highest BCUT2D eigenvalue weighted by atomic mass is 35.5. The molecule has 0 fully saturated rings. The average Bonchev–Trinajstić information content (AvgIpc) is 2.56. The van der Waals surface area contributed by atoms with Crippen molar-refractivity contribution in [1.82, 2.24) is 0 Å². The zero-order valence-electron chi connectivity index (χ0n) is 11.7. The molecule has 1 N–H and O–H groups in total. The molecule has 0 atom stereocenters. The number of hydrogen-bond donors (Lipinski definition) is 1. The second kappa shape index (κ2) is 6.13. The van der Waals surface area contributed by atoms with Crippen LogP contribution < -0.4 is 14.8 Å². The fourth-order valence-corrected chi connectivity index (χ4v) is 2.27. The van der Waals surface area contributed by atoms with Gasteiger partial charge in [-0.15, -0.1) is 0 Å². The molecule has 2 aromatic carbocycles. The number of ether oxygens (including phenoxy) is 2. The maximum Gasteiger partial charge on any atom is 0.271 e. The molecular weight excluding hydrogens is 324 g/mol. The number of halogens is 1. The minimum atomic E-state index is -0.559. The molecule has 0 aromatic heterocycles. The van der Waals surface area contributed by atoms with Crippen molar-refractivity contribution in [2.24, 2.45) is 0 Å². The standard InChI is InChI=1S/C15H11ClN2O5/c16-11-3-2-10(18(20)21)8-12(11)17-15(19)9-1-4-13-14(7-9)23-6-5-22-13/h1-4,7-8H,5-6H2,(H,17,19). The Balaban J connectivity index is 1.84. The largest absolute Gasteiger partial charge is 0.486 e. The van der Waals surface area contributed by atoms with Gasteiger partial charge >= 0.3 is 0 Å². The van der Waals surface area contributed by atoms with E-state index in [-0.39, 0.29) is 16.4 Å². The van der Waals surface area contributed by atoms with E-state index in [1.807, 2.05) is 0 Å². The van der Waals surface area contributed by atoms with Crippen molar-refractivity contribution in [3.63, 3.8) is 0 Å². The van der Waals surface area contributed by atoms with Crippen LogP contribution in [-0.2, 0) is 0 Å². The lowest BCUT2D eigenvalue weighted by molar-refractivity contribution is -0.384. The van der Waals surface area contributed by atoms with Gasteiger partial charge in [-0.2, -0.15) is 0 Å². The second-order valence-corrected chi connectivity index (χ2v) is 5.14. The molecule has 0 unspecified atom stereocenters. The molecule has 23 heavy (non-hydrogen) atoms. The van der Waals surface area contributed by atoms with Crippen molar-refractivity contribution in [3.05, 3.63) is 57.1 Å². The van der Waals surface area contributed by atoms with Crippen LogP contribution >= 0.6 is 11.6 Å². The first-order valence-corrected chi connectivity index (χ1v) is 7.07. The minimum Gasteiger partial charge on any atom is -0.486 e. The van der Waals surface area contributed by atoms with E-state index in [9.17, 15) is 14.9 Å². The highest BCUT2D eigenvalue weighted by molar-refractivity contribution is 6.34. The van der Waals surface area contributed by atoms with Crippen molar-refractivity contribution < 1.29 is 19.2 Å². The number of nitro benzene ring substituents is 1. The number of carbonyl (C=O) groups excluding carboxylic acids is 1. The van der Waals surface area contributed by atoms with Crippen molar-refractivity contribution >= 4 is 28.9 Å². The Morgan fingerprint density at radius 1 is 1.13 bits per heavy atom. The lowest BCUT2D eigenvalue weighted by Crippen LogP contribution is -2.17. The van der Waals surface area contributed by atoms with E-state index in [2.05, 4.69) is 5.32 Å². The van der Waals surface area contributed by atoms with Gasteiger partial charge < -0.3 is 14.8 Å². The number of rotatable bonds is 3.